The first-order valence-electron chi connectivity index (χ1n) is 23.9. The van der Waals surface area contributed by atoms with Gasteiger partial charge in [0.2, 0.25) is 0 Å². The zero-order valence-electron chi connectivity index (χ0n) is 37.2. The summed E-state index contributed by atoms with van der Waals surface area (Å²) in [6.07, 6.45) is 14.2. The Balaban J connectivity index is 0.784. The Labute approximate surface area is 390 Å². The molecule has 0 bridgehead atoms. The van der Waals surface area contributed by atoms with Gasteiger partial charge in [-0.1, -0.05) is 195 Å². The van der Waals surface area contributed by atoms with Gasteiger partial charge < -0.3 is 9.13 Å². The van der Waals surface area contributed by atoms with E-state index < -0.39 is 0 Å². The van der Waals surface area contributed by atoms with Crippen molar-refractivity contribution in [3.63, 3.8) is 0 Å². The molecule has 1 spiro atoms. The highest BCUT2D eigenvalue weighted by Crippen LogP contribution is 2.57. The van der Waals surface area contributed by atoms with Gasteiger partial charge in [0, 0.05) is 37.7 Å². The second kappa shape index (κ2) is 14.9. The van der Waals surface area contributed by atoms with E-state index in [0.717, 1.165) is 0 Å². The standard InChI is InChI=1S/C65H46N2/c1-3-17-49-47(13-1)15-11-23-59(49)66-61-21-7-5-19-53(61)55-39-43(31-35-63(55)66)25-27-45-29-33-51-52-34-30-46(42-58(52)65(57(51)41-45)37-9-10-38-65)28-26-44-32-36-64-56(40-44)54-20-6-8-22-62(54)67(64)60-24-12-16-48-14-2-4-18-50(48)60/h1-8,11-36,39-42H,9-10,37-38H2/b27-25+,28-26+. The molecule has 0 saturated heterocycles. The minimum atomic E-state index is 0.0586. The number of aromatic nitrogens is 2. The molecule has 0 N–H and O–H groups in total. The van der Waals surface area contributed by atoms with Crippen LogP contribution in [-0.2, 0) is 5.41 Å². The Morgan fingerprint density at radius 2 is 0.687 bits per heavy atom. The van der Waals surface area contributed by atoms with Gasteiger partial charge in [-0.25, -0.2) is 0 Å². The van der Waals surface area contributed by atoms with Gasteiger partial charge in [0.05, 0.1) is 33.4 Å². The molecule has 0 atom stereocenters. The summed E-state index contributed by atoms with van der Waals surface area (Å²) in [5.74, 6) is 0. The summed E-state index contributed by atoms with van der Waals surface area (Å²) in [5, 5.41) is 10.1. The first kappa shape index (κ1) is 38.1. The lowest BCUT2D eigenvalue weighted by Gasteiger charge is -2.27. The summed E-state index contributed by atoms with van der Waals surface area (Å²) in [4.78, 5) is 0. The summed E-state index contributed by atoms with van der Waals surface area (Å²) in [6.45, 7) is 0. The Bertz CT molecular complexity index is 3780. The Kier molecular flexibility index (Phi) is 8.48. The highest BCUT2D eigenvalue weighted by Gasteiger charge is 2.45. The van der Waals surface area contributed by atoms with Gasteiger partial charge in [0.15, 0.2) is 0 Å². The smallest absolute Gasteiger partial charge is 0.0541 e. The van der Waals surface area contributed by atoms with Gasteiger partial charge in [-0.2, -0.15) is 0 Å². The number of hydrogen-bond acceptors (Lipinski definition) is 0. The number of fused-ring (bicyclic) bond motifs is 13. The summed E-state index contributed by atoms with van der Waals surface area (Å²) >= 11 is 0. The highest BCUT2D eigenvalue weighted by molar-refractivity contribution is 6.12. The molecule has 10 aromatic carbocycles. The molecule has 2 nitrogen and oxygen atoms in total. The number of benzene rings is 10. The molecule has 2 heterocycles. The van der Waals surface area contributed by atoms with E-state index in [1.54, 1.807) is 0 Å². The molecule has 316 valence electrons. The van der Waals surface area contributed by atoms with E-state index in [0.29, 0.717) is 0 Å². The monoisotopic (exact) mass is 854 g/mol. The van der Waals surface area contributed by atoms with Gasteiger partial charge in [-0.3, -0.25) is 0 Å². The molecule has 0 aliphatic heterocycles. The number of nitrogens with zero attached hydrogens (tertiary/aromatic N) is 2. The summed E-state index contributed by atoms with van der Waals surface area (Å²) in [5.41, 5.74) is 18.1. The van der Waals surface area contributed by atoms with Crippen LogP contribution >= 0.6 is 0 Å². The molecule has 1 fully saturated rings. The quantitative estimate of drug-likeness (QED) is 0.148. The highest BCUT2D eigenvalue weighted by atomic mass is 15.0. The maximum absolute atomic E-state index is 2.50. The zero-order chi connectivity index (χ0) is 44.1. The fourth-order valence-electron chi connectivity index (χ4n) is 12.2. The van der Waals surface area contributed by atoms with Crippen molar-refractivity contribution in [2.24, 2.45) is 0 Å². The largest absolute Gasteiger partial charge is 0.309 e. The lowest BCUT2D eigenvalue weighted by Crippen LogP contribution is -2.20. The van der Waals surface area contributed by atoms with Crippen molar-refractivity contribution in [3.8, 4) is 22.5 Å². The third-order valence-corrected chi connectivity index (χ3v) is 15.2. The van der Waals surface area contributed by atoms with E-state index in [4.69, 9.17) is 0 Å². The van der Waals surface area contributed by atoms with Crippen molar-refractivity contribution in [3.05, 3.63) is 240 Å². The summed E-state index contributed by atoms with van der Waals surface area (Å²) < 4.78 is 4.88. The van der Waals surface area contributed by atoms with E-state index in [1.165, 1.54) is 147 Å². The van der Waals surface area contributed by atoms with Crippen LogP contribution in [0, 0.1) is 0 Å². The van der Waals surface area contributed by atoms with E-state index >= 15 is 0 Å². The predicted octanol–water partition coefficient (Wildman–Crippen LogP) is 17.4. The van der Waals surface area contributed by atoms with Crippen molar-refractivity contribution in [1.82, 2.24) is 9.13 Å². The van der Waals surface area contributed by atoms with Crippen LogP contribution in [0.5, 0.6) is 0 Å². The first-order valence-corrected chi connectivity index (χ1v) is 23.9. The van der Waals surface area contributed by atoms with Crippen LogP contribution in [0.2, 0.25) is 0 Å². The average Bonchev–Trinajstić information content (AvgIpc) is 4.16. The molecule has 12 aromatic rings. The molecule has 14 rings (SSSR count). The number of rotatable bonds is 6. The molecule has 0 amide bonds. The van der Waals surface area contributed by atoms with Crippen molar-refractivity contribution < 1.29 is 0 Å². The number of hydrogen-bond donors (Lipinski definition) is 0. The third kappa shape index (κ3) is 5.89. The summed E-state index contributed by atoms with van der Waals surface area (Å²) in [6, 6.07) is 76.6. The zero-order valence-corrected chi connectivity index (χ0v) is 37.2. The molecule has 67 heavy (non-hydrogen) atoms. The van der Waals surface area contributed by atoms with E-state index in [9.17, 15) is 0 Å². The van der Waals surface area contributed by atoms with E-state index in [1.807, 2.05) is 0 Å². The normalized spacial score (nSPS) is 14.3. The van der Waals surface area contributed by atoms with Crippen LogP contribution in [-0.4, -0.2) is 9.13 Å². The van der Waals surface area contributed by atoms with Crippen molar-refractivity contribution in [2.45, 2.75) is 31.1 Å². The van der Waals surface area contributed by atoms with E-state index in [-0.39, 0.29) is 5.41 Å². The molecule has 2 aliphatic carbocycles. The maximum atomic E-state index is 2.50. The van der Waals surface area contributed by atoms with Gasteiger partial charge in [0.25, 0.3) is 0 Å². The molecule has 0 unspecified atom stereocenters. The molecular weight excluding hydrogens is 809 g/mol. The van der Waals surface area contributed by atoms with Gasteiger partial charge in [-0.05, 0) is 117 Å². The predicted molar refractivity (Wildman–Crippen MR) is 286 cm³/mol. The molecule has 1 saturated carbocycles. The van der Waals surface area contributed by atoms with Gasteiger partial charge in [-0.15, -0.1) is 0 Å². The summed E-state index contributed by atoms with van der Waals surface area (Å²) in [7, 11) is 0. The topological polar surface area (TPSA) is 9.86 Å². The molecule has 2 aromatic heterocycles. The molecule has 2 aliphatic rings. The second-order valence-corrected chi connectivity index (χ2v) is 18.8. The fraction of sp³-hybridized carbons (Fsp3) is 0.0769. The molecule has 2 heteroatoms. The van der Waals surface area contributed by atoms with Crippen molar-refractivity contribution in [2.75, 3.05) is 0 Å². The fourth-order valence-corrected chi connectivity index (χ4v) is 12.2. The average molecular weight is 855 g/mol. The first-order chi connectivity index (χ1) is 33.2. The van der Waals surface area contributed by atoms with Crippen molar-refractivity contribution in [1.29, 1.82) is 0 Å². The van der Waals surface area contributed by atoms with Crippen molar-refractivity contribution >= 4 is 89.5 Å². The van der Waals surface area contributed by atoms with Crippen LogP contribution < -0.4 is 0 Å². The minimum Gasteiger partial charge on any atom is -0.309 e. The van der Waals surface area contributed by atoms with Crippen LogP contribution in [0.4, 0.5) is 0 Å². The Morgan fingerprint density at radius 1 is 0.313 bits per heavy atom. The second-order valence-electron chi connectivity index (χ2n) is 18.8. The lowest BCUT2D eigenvalue weighted by atomic mass is 9.76. The van der Waals surface area contributed by atoms with Crippen LogP contribution in [0.1, 0.15) is 59.1 Å². The third-order valence-electron chi connectivity index (χ3n) is 15.2. The van der Waals surface area contributed by atoms with Crippen LogP contribution in [0.25, 0.3) is 112 Å². The molecular formula is C65H46N2. The number of para-hydroxylation sites is 2. The van der Waals surface area contributed by atoms with Gasteiger partial charge >= 0.3 is 0 Å². The molecule has 0 radical (unpaired) electrons. The van der Waals surface area contributed by atoms with Gasteiger partial charge in [0.1, 0.15) is 0 Å². The maximum Gasteiger partial charge on any atom is 0.0541 e. The Morgan fingerprint density at radius 3 is 1.16 bits per heavy atom. The Hall–Kier alpha value is -8.20. The minimum absolute atomic E-state index is 0.0586. The van der Waals surface area contributed by atoms with Crippen LogP contribution in [0.15, 0.2) is 206 Å². The SMILES string of the molecule is C(=C\c1ccc2c(c1)c1ccccc1n2-c1cccc2ccccc12)/c1ccc2c(c1)C1(CCCC1)c1cc(/C=C/c3ccc4c(c3)c3ccccc3n4-c3cccc4ccccc34)ccc1-2. The van der Waals surface area contributed by atoms with E-state index in [2.05, 4.69) is 240 Å². The lowest BCUT2D eigenvalue weighted by molar-refractivity contribution is 0.550. The van der Waals surface area contributed by atoms with Crippen LogP contribution in [0.3, 0.4) is 0 Å².